The number of likely N-dealkylation sites (tertiary alicyclic amines) is 1. The summed E-state index contributed by atoms with van der Waals surface area (Å²) < 4.78 is 0. The number of carboxylic acids is 1. The van der Waals surface area contributed by atoms with Crippen LogP contribution in [0, 0.1) is 0 Å². The average Bonchev–Trinajstić information content (AvgIpc) is 2.86. The summed E-state index contributed by atoms with van der Waals surface area (Å²) in [5.74, 6) is -0.614. The first-order chi connectivity index (χ1) is 9.67. The van der Waals surface area contributed by atoms with Crippen LogP contribution in [0.5, 0.6) is 0 Å². The van der Waals surface area contributed by atoms with Crippen molar-refractivity contribution in [3.63, 3.8) is 0 Å². The number of rotatable bonds is 11. The average molecular weight is 283 g/mol. The lowest BCUT2D eigenvalue weighted by Crippen LogP contribution is -2.50. The van der Waals surface area contributed by atoms with E-state index in [9.17, 15) is 9.90 Å². The first-order valence-corrected chi connectivity index (χ1v) is 8.66. The van der Waals surface area contributed by atoms with E-state index in [1.54, 1.807) is 0 Å². The molecule has 3 nitrogen and oxygen atoms in total. The van der Waals surface area contributed by atoms with Gasteiger partial charge in [0.1, 0.15) is 5.54 Å². The molecule has 1 aliphatic rings. The number of nitrogens with zero attached hydrogens (tertiary/aromatic N) is 1. The fraction of sp³-hybridized carbons (Fsp3) is 0.941. The number of aliphatic carboxylic acids is 1. The van der Waals surface area contributed by atoms with Crippen LogP contribution in [0.4, 0.5) is 0 Å². The summed E-state index contributed by atoms with van der Waals surface area (Å²) in [6, 6.07) is 0. The van der Waals surface area contributed by atoms with Crippen LogP contribution in [0.15, 0.2) is 0 Å². The summed E-state index contributed by atoms with van der Waals surface area (Å²) >= 11 is 0. The highest BCUT2D eigenvalue weighted by atomic mass is 16.4. The highest BCUT2D eigenvalue weighted by Crippen LogP contribution is 2.33. The monoisotopic (exact) mass is 283 g/mol. The van der Waals surface area contributed by atoms with Gasteiger partial charge in [-0.25, -0.2) is 0 Å². The molecule has 0 bridgehead atoms. The van der Waals surface area contributed by atoms with Crippen LogP contribution in [0.2, 0.25) is 0 Å². The standard InChI is InChI=1S/C17H33NO2/c1-3-5-6-7-8-9-10-11-14-18-15-12-13-17(18,4-2)16(19)20/h3-15H2,1-2H3,(H,19,20). The molecule has 0 aliphatic carbocycles. The van der Waals surface area contributed by atoms with Gasteiger partial charge in [-0.05, 0) is 38.8 Å². The third-order valence-corrected chi connectivity index (χ3v) is 4.89. The van der Waals surface area contributed by atoms with Crippen molar-refractivity contribution in [2.75, 3.05) is 13.1 Å². The minimum atomic E-state index is -0.614. The van der Waals surface area contributed by atoms with Gasteiger partial charge in [0.15, 0.2) is 0 Å². The summed E-state index contributed by atoms with van der Waals surface area (Å²) in [6.07, 6.45) is 13.1. The van der Waals surface area contributed by atoms with Gasteiger partial charge in [-0.2, -0.15) is 0 Å². The molecule has 1 saturated heterocycles. The van der Waals surface area contributed by atoms with Gasteiger partial charge in [0.25, 0.3) is 0 Å². The van der Waals surface area contributed by atoms with Crippen molar-refractivity contribution in [3.05, 3.63) is 0 Å². The lowest BCUT2D eigenvalue weighted by atomic mass is 9.93. The van der Waals surface area contributed by atoms with Crippen LogP contribution in [0.3, 0.4) is 0 Å². The Morgan fingerprint density at radius 2 is 1.65 bits per heavy atom. The fourth-order valence-electron chi connectivity index (χ4n) is 3.49. The van der Waals surface area contributed by atoms with Gasteiger partial charge in [-0.1, -0.05) is 58.8 Å². The van der Waals surface area contributed by atoms with Crippen molar-refractivity contribution in [1.29, 1.82) is 0 Å². The topological polar surface area (TPSA) is 40.5 Å². The molecule has 0 aromatic heterocycles. The van der Waals surface area contributed by atoms with E-state index in [1.165, 1.54) is 44.9 Å². The minimum Gasteiger partial charge on any atom is -0.480 e. The largest absolute Gasteiger partial charge is 0.480 e. The normalized spacial score (nSPS) is 23.3. The van der Waals surface area contributed by atoms with E-state index < -0.39 is 11.5 Å². The van der Waals surface area contributed by atoms with Gasteiger partial charge in [0, 0.05) is 0 Å². The number of carboxylic acid groups (broad SMARTS) is 1. The molecule has 0 spiro atoms. The Hall–Kier alpha value is -0.570. The Bertz CT molecular complexity index is 280. The molecule has 3 heteroatoms. The molecule has 1 N–H and O–H groups in total. The van der Waals surface area contributed by atoms with Crippen molar-refractivity contribution in [3.8, 4) is 0 Å². The maximum atomic E-state index is 11.6. The second-order valence-electron chi connectivity index (χ2n) is 6.26. The van der Waals surface area contributed by atoms with E-state index in [-0.39, 0.29) is 0 Å². The predicted molar refractivity (Wildman–Crippen MR) is 84.1 cm³/mol. The lowest BCUT2D eigenvalue weighted by molar-refractivity contribution is -0.150. The Morgan fingerprint density at radius 1 is 1.05 bits per heavy atom. The summed E-state index contributed by atoms with van der Waals surface area (Å²) in [7, 11) is 0. The zero-order chi connectivity index (χ0) is 14.8. The molecule has 1 unspecified atom stereocenters. The van der Waals surface area contributed by atoms with Crippen LogP contribution in [-0.4, -0.2) is 34.6 Å². The molecule has 1 fully saturated rings. The van der Waals surface area contributed by atoms with Gasteiger partial charge in [-0.3, -0.25) is 9.69 Å². The van der Waals surface area contributed by atoms with Crippen molar-refractivity contribution in [2.45, 2.75) is 90.0 Å². The van der Waals surface area contributed by atoms with Crippen LogP contribution in [0.1, 0.15) is 84.5 Å². The van der Waals surface area contributed by atoms with E-state index in [0.29, 0.717) is 0 Å². The van der Waals surface area contributed by atoms with Crippen LogP contribution in [0.25, 0.3) is 0 Å². The zero-order valence-corrected chi connectivity index (χ0v) is 13.5. The van der Waals surface area contributed by atoms with Gasteiger partial charge >= 0.3 is 5.97 Å². The van der Waals surface area contributed by atoms with Gasteiger partial charge < -0.3 is 5.11 Å². The summed E-state index contributed by atoms with van der Waals surface area (Å²) in [4.78, 5) is 13.8. The molecular formula is C17H33NO2. The third-order valence-electron chi connectivity index (χ3n) is 4.89. The van der Waals surface area contributed by atoms with Gasteiger partial charge in [0.2, 0.25) is 0 Å². The number of hydrogen-bond donors (Lipinski definition) is 1. The minimum absolute atomic E-state index is 0.554. The van der Waals surface area contributed by atoms with Crippen LogP contribution >= 0.6 is 0 Å². The molecule has 0 radical (unpaired) electrons. The molecule has 20 heavy (non-hydrogen) atoms. The lowest BCUT2D eigenvalue weighted by Gasteiger charge is -2.33. The SMILES string of the molecule is CCCCCCCCCCN1CCCC1(CC)C(=O)O. The Kier molecular flexibility index (Phi) is 8.20. The predicted octanol–water partition coefficient (Wildman–Crippen LogP) is 4.46. The molecule has 1 aliphatic heterocycles. The van der Waals surface area contributed by atoms with Crippen molar-refractivity contribution in [2.24, 2.45) is 0 Å². The Labute approximate surface area is 124 Å². The number of unbranched alkanes of at least 4 members (excludes halogenated alkanes) is 7. The molecular weight excluding hydrogens is 250 g/mol. The van der Waals surface area contributed by atoms with Crippen molar-refractivity contribution in [1.82, 2.24) is 4.90 Å². The highest BCUT2D eigenvalue weighted by Gasteiger charge is 2.45. The van der Waals surface area contributed by atoms with E-state index in [0.717, 1.165) is 38.8 Å². The molecule has 1 rings (SSSR count). The smallest absolute Gasteiger partial charge is 0.324 e. The molecule has 0 saturated carbocycles. The van der Waals surface area contributed by atoms with E-state index >= 15 is 0 Å². The highest BCUT2D eigenvalue weighted by molar-refractivity contribution is 5.79. The Morgan fingerprint density at radius 3 is 2.20 bits per heavy atom. The first-order valence-electron chi connectivity index (χ1n) is 8.66. The van der Waals surface area contributed by atoms with Gasteiger partial charge in [0.05, 0.1) is 0 Å². The summed E-state index contributed by atoms with van der Waals surface area (Å²) in [6.45, 7) is 6.20. The fourth-order valence-corrected chi connectivity index (χ4v) is 3.49. The molecule has 1 heterocycles. The number of hydrogen-bond acceptors (Lipinski definition) is 2. The van der Waals surface area contributed by atoms with Gasteiger partial charge in [-0.15, -0.1) is 0 Å². The second-order valence-corrected chi connectivity index (χ2v) is 6.26. The molecule has 0 aromatic rings. The summed E-state index contributed by atoms with van der Waals surface area (Å²) in [5.41, 5.74) is -0.554. The van der Waals surface area contributed by atoms with E-state index in [1.807, 2.05) is 6.92 Å². The van der Waals surface area contributed by atoms with E-state index in [2.05, 4.69) is 11.8 Å². The zero-order valence-electron chi connectivity index (χ0n) is 13.5. The quantitative estimate of drug-likeness (QED) is 0.569. The maximum absolute atomic E-state index is 11.6. The molecule has 0 amide bonds. The van der Waals surface area contributed by atoms with Crippen molar-refractivity contribution >= 4 is 5.97 Å². The maximum Gasteiger partial charge on any atom is 0.324 e. The summed E-state index contributed by atoms with van der Waals surface area (Å²) in [5, 5.41) is 9.52. The molecule has 1 atom stereocenters. The molecule has 0 aromatic carbocycles. The molecule has 118 valence electrons. The Balaban J connectivity index is 2.16. The van der Waals surface area contributed by atoms with Crippen molar-refractivity contribution < 1.29 is 9.90 Å². The van der Waals surface area contributed by atoms with Crippen LogP contribution < -0.4 is 0 Å². The third kappa shape index (κ3) is 4.76. The second kappa shape index (κ2) is 9.38. The van der Waals surface area contributed by atoms with Crippen LogP contribution in [-0.2, 0) is 4.79 Å². The first kappa shape index (κ1) is 17.5. The van der Waals surface area contributed by atoms with E-state index in [4.69, 9.17) is 0 Å². The number of carbonyl (C=O) groups is 1.